The molecule has 1 aliphatic heterocycles. The van der Waals surface area contributed by atoms with Crippen LogP contribution in [0.15, 0.2) is 5.10 Å². The van der Waals surface area contributed by atoms with E-state index in [1.165, 1.54) is 18.5 Å². The highest BCUT2D eigenvalue weighted by Gasteiger charge is 2.43. The molecule has 0 aromatic carbocycles. The zero-order valence-electron chi connectivity index (χ0n) is 10.3. The Morgan fingerprint density at radius 2 is 1.73 bits per heavy atom. The van der Waals surface area contributed by atoms with E-state index in [1.54, 1.807) is 6.21 Å². The van der Waals surface area contributed by atoms with Crippen LogP contribution in [-0.4, -0.2) is 33.3 Å². The Hall–Kier alpha value is -0.426. The fourth-order valence-corrected chi connectivity index (χ4v) is 13.3. The van der Waals surface area contributed by atoms with Crippen LogP contribution in [0, 0.1) is 0 Å². The van der Waals surface area contributed by atoms with E-state index in [1.807, 2.05) is 0 Å². The van der Waals surface area contributed by atoms with E-state index in [9.17, 15) is 4.79 Å². The summed E-state index contributed by atoms with van der Waals surface area (Å²) in [7, 11) is -2.65. The highest BCUT2D eigenvalue weighted by Crippen LogP contribution is 2.34. The normalized spacial score (nSPS) is 24.4. The van der Waals surface area contributed by atoms with Crippen LogP contribution in [0.2, 0.25) is 38.3 Å². The first-order valence-electron chi connectivity index (χ1n) is 5.66. The summed E-state index contributed by atoms with van der Waals surface area (Å²) >= 11 is 0. The van der Waals surface area contributed by atoms with Crippen LogP contribution >= 0.6 is 0 Å². The average molecular weight is 242 g/mol. The van der Waals surface area contributed by atoms with Crippen molar-refractivity contribution >= 4 is 29.0 Å². The summed E-state index contributed by atoms with van der Waals surface area (Å²) in [5, 5.41) is 4.58. The summed E-state index contributed by atoms with van der Waals surface area (Å²) in [6.45, 7) is 9.55. The second kappa shape index (κ2) is 4.61. The highest BCUT2D eigenvalue weighted by atomic mass is 28.4. The van der Waals surface area contributed by atoms with Crippen LogP contribution in [0.1, 0.15) is 12.8 Å². The van der Waals surface area contributed by atoms with Gasteiger partial charge in [-0.25, -0.2) is 5.10 Å². The Morgan fingerprint density at radius 1 is 1.20 bits per heavy atom. The monoisotopic (exact) mass is 242 g/mol. The predicted octanol–water partition coefficient (Wildman–Crippen LogP) is 2.68. The van der Waals surface area contributed by atoms with Gasteiger partial charge in [-0.3, -0.25) is 0 Å². The fraction of sp³-hybridized carbons (Fsp3) is 0.800. The Kier molecular flexibility index (Phi) is 3.89. The van der Waals surface area contributed by atoms with E-state index in [-0.39, 0.29) is 0 Å². The summed E-state index contributed by atoms with van der Waals surface area (Å²) in [4.78, 5) is 10.3. The van der Waals surface area contributed by atoms with Gasteiger partial charge in [0.1, 0.15) is 6.29 Å². The Labute approximate surface area is 94.7 Å². The zero-order chi connectivity index (χ0) is 11.5. The van der Waals surface area contributed by atoms with E-state index in [4.69, 9.17) is 0 Å². The van der Waals surface area contributed by atoms with Crippen LogP contribution in [0.25, 0.3) is 0 Å². The van der Waals surface area contributed by atoms with Crippen molar-refractivity contribution in [2.45, 2.75) is 51.1 Å². The second-order valence-electron chi connectivity index (χ2n) is 5.49. The van der Waals surface area contributed by atoms with Gasteiger partial charge in [0.2, 0.25) is 0 Å². The molecule has 0 amide bonds. The third kappa shape index (κ3) is 3.01. The lowest BCUT2D eigenvalue weighted by Gasteiger charge is -2.49. The third-order valence-electron chi connectivity index (χ3n) is 3.12. The smallest absolute Gasteiger partial charge is 0.161 e. The number of hydrogen-bond donors (Lipinski definition) is 0. The number of carbonyl (C=O) groups is 1. The highest BCUT2D eigenvalue weighted by molar-refractivity contribution is 6.91. The Bertz CT molecular complexity index is 248. The van der Waals surface area contributed by atoms with Crippen LogP contribution in [0.3, 0.4) is 0 Å². The minimum atomic E-state index is -1.32. The quantitative estimate of drug-likeness (QED) is 0.433. The summed E-state index contributed by atoms with van der Waals surface area (Å²) in [6.07, 6.45) is 4.52. The molecule has 1 saturated heterocycles. The van der Waals surface area contributed by atoms with Gasteiger partial charge in [-0.05, 0) is 12.1 Å². The van der Waals surface area contributed by atoms with Crippen molar-refractivity contribution in [3.63, 3.8) is 0 Å². The number of hydrazone groups is 1. The molecule has 0 radical (unpaired) electrons. The molecule has 0 saturated carbocycles. The largest absolute Gasteiger partial charge is 0.350 e. The molecule has 1 fully saturated rings. The molecule has 1 rings (SSSR count). The van der Waals surface area contributed by atoms with E-state index in [2.05, 4.69) is 35.6 Å². The molecule has 0 atom stereocenters. The number of carbonyl (C=O) groups excluding carboxylic acids is 1. The van der Waals surface area contributed by atoms with E-state index in [0.717, 1.165) is 6.29 Å². The van der Waals surface area contributed by atoms with Gasteiger partial charge in [0.25, 0.3) is 0 Å². The van der Waals surface area contributed by atoms with Gasteiger partial charge in [0.05, 0.1) is 0 Å². The predicted molar refractivity (Wildman–Crippen MR) is 70.2 cm³/mol. The van der Waals surface area contributed by atoms with Gasteiger partial charge in [0, 0.05) is 12.6 Å². The lowest BCUT2D eigenvalue weighted by Crippen LogP contribution is -2.61. The SMILES string of the molecule is C[Si]1(C)CCC[Si](C)(C)N1N=CCC=O. The summed E-state index contributed by atoms with van der Waals surface area (Å²) < 4.78 is 2.44. The summed E-state index contributed by atoms with van der Waals surface area (Å²) in [5.41, 5.74) is 0. The number of aldehydes is 1. The van der Waals surface area contributed by atoms with Gasteiger partial charge in [-0.2, -0.15) is 0 Å². The van der Waals surface area contributed by atoms with Crippen molar-refractivity contribution in [3.8, 4) is 0 Å². The minimum absolute atomic E-state index is 0.450. The molecule has 1 heterocycles. The molecule has 0 unspecified atom stereocenters. The summed E-state index contributed by atoms with van der Waals surface area (Å²) in [6, 6.07) is 2.67. The topological polar surface area (TPSA) is 32.7 Å². The summed E-state index contributed by atoms with van der Waals surface area (Å²) in [5.74, 6) is 0. The van der Waals surface area contributed by atoms with Gasteiger partial charge < -0.3 is 9.13 Å². The van der Waals surface area contributed by atoms with Gasteiger partial charge >= 0.3 is 0 Å². The molecule has 0 N–H and O–H groups in total. The maximum Gasteiger partial charge on any atom is 0.161 e. The second-order valence-corrected chi connectivity index (χ2v) is 15.0. The zero-order valence-corrected chi connectivity index (χ0v) is 12.3. The molecular weight excluding hydrogens is 220 g/mol. The molecule has 0 spiro atoms. The van der Waals surface area contributed by atoms with Crippen molar-refractivity contribution < 1.29 is 4.79 Å². The lowest BCUT2D eigenvalue weighted by molar-refractivity contribution is -0.106. The first kappa shape index (κ1) is 12.6. The molecule has 0 aliphatic carbocycles. The molecule has 0 bridgehead atoms. The van der Waals surface area contributed by atoms with Crippen LogP contribution in [0.4, 0.5) is 0 Å². The van der Waals surface area contributed by atoms with E-state index < -0.39 is 16.5 Å². The van der Waals surface area contributed by atoms with Crippen molar-refractivity contribution in [1.82, 2.24) is 4.34 Å². The molecule has 0 aromatic rings. The van der Waals surface area contributed by atoms with Gasteiger partial charge in [-0.15, -0.1) is 0 Å². The Morgan fingerprint density at radius 3 is 2.20 bits per heavy atom. The molecule has 1 aliphatic rings. The third-order valence-corrected chi connectivity index (χ3v) is 12.4. The first-order chi connectivity index (χ1) is 6.90. The maximum atomic E-state index is 10.3. The number of hydrogen-bond acceptors (Lipinski definition) is 3. The minimum Gasteiger partial charge on any atom is -0.350 e. The van der Waals surface area contributed by atoms with Gasteiger partial charge in [-0.1, -0.05) is 32.6 Å². The van der Waals surface area contributed by atoms with Crippen LogP contribution in [0.5, 0.6) is 0 Å². The molecule has 0 aromatic heterocycles. The van der Waals surface area contributed by atoms with Gasteiger partial charge in [0.15, 0.2) is 16.5 Å². The average Bonchev–Trinajstić information content (AvgIpc) is 2.09. The van der Waals surface area contributed by atoms with Crippen molar-refractivity contribution in [3.05, 3.63) is 0 Å². The lowest BCUT2D eigenvalue weighted by atomic mass is 10.5. The molecule has 15 heavy (non-hydrogen) atoms. The molecule has 5 heteroatoms. The van der Waals surface area contributed by atoms with Crippen LogP contribution in [-0.2, 0) is 4.79 Å². The fourth-order valence-electron chi connectivity index (χ4n) is 2.47. The standard InChI is InChI=1S/C10H22N2OSi2/c1-14(2)9-6-10-15(3,4)12(14)11-7-5-8-13/h7-8H,5-6,9-10H2,1-4H3. The van der Waals surface area contributed by atoms with Crippen LogP contribution < -0.4 is 0 Å². The Balaban J connectivity index is 2.81. The van der Waals surface area contributed by atoms with E-state index in [0.29, 0.717) is 6.42 Å². The first-order valence-corrected chi connectivity index (χ1v) is 12.0. The van der Waals surface area contributed by atoms with Crippen molar-refractivity contribution in [2.75, 3.05) is 0 Å². The molecule has 3 nitrogen and oxygen atoms in total. The molecular formula is C10H22N2OSi2. The van der Waals surface area contributed by atoms with E-state index >= 15 is 0 Å². The maximum absolute atomic E-state index is 10.3. The molecule has 86 valence electrons. The van der Waals surface area contributed by atoms with Crippen molar-refractivity contribution in [2.24, 2.45) is 5.10 Å². The number of rotatable bonds is 3. The van der Waals surface area contributed by atoms with Crippen molar-refractivity contribution in [1.29, 1.82) is 0 Å². The number of nitrogens with zero attached hydrogens (tertiary/aromatic N) is 2.